The Morgan fingerprint density at radius 3 is 2.62 bits per heavy atom. The lowest BCUT2D eigenvalue weighted by Crippen LogP contribution is -2.35. The largest absolute Gasteiger partial charge is 0.448 e. The van der Waals surface area contributed by atoms with Gasteiger partial charge >= 0.3 is 0 Å². The van der Waals surface area contributed by atoms with Crippen LogP contribution in [-0.4, -0.2) is 10.5 Å². The number of aromatic nitrogens is 1. The number of hydrogen-bond donors (Lipinski definition) is 1. The van der Waals surface area contributed by atoms with E-state index in [2.05, 4.69) is 44.9 Å². The molecular formula is C13H24N2O. The van der Waals surface area contributed by atoms with Crippen molar-refractivity contribution in [3.05, 3.63) is 17.8 Å². The van der Waals surface area contributed by atoms with Gasteiger partial charge in [0, 0.05) is 18.5 Å². The Bertz CT molecular complexity index is 310. The summed E-state index contributed by atoms with van der Waals surface area (Å²) < 4.78 is 5.43. The van der Waals surface area contributed by atoms with Gasteiger partial charge in [0.1, 0.15) is 5.76 Å². The summed E-state index contributed by atoms with van der Waals surface area (Å²) in [6, 6.07) is 0. The molecule has 0 spiro atoms. The third-order valence-electron chi connectivity index (χ3n) is 2.46. The third-order valence-corrected chi connectivity index (χ3v) is 2.46. The molecule has 0 amide bonds. The van der Waals surface area contributed by atoms with Crippen molar-refractivity contribution in [2.24, 2.45) is 5.92 Å². The topological polar surface area (TPSA) is 38.1 Å². The Hall–Kier alpha value is -0.830. The monoisotopic (exact) mass is 224 g/mol. The summed E-state index contributed by atoms with van der Waals surface area (Å²) in [5, 5.41) is 3.43. The Balaban J connectivity index is 2.50. The van der Waals surface area contributed by atoms with Gasteiger partial charge in [-0.3, -0.25) is 0 Å². The van der Waals surface area contributed by atoms with E-state index in [0.29, 0.717) is 5.92 Å². The summed E-state index contributed by atoms with van der Waals surface area (Å²) in [6.45, 7) is 11.7. The lowest BCUT2D eigenvalue weighted by molar-refractivity contribution is 0.415. The number of oxazole rings is 1. The van der Waals surface area contributed by atoms with Gasteiger partial charge in [0.2, 0.25) is 0 Å². The Morgan fingerprint density at radius 1 is 1.38 bits per heavy atom. The molecule has 0 aromatic carbocycles. The van der Waals surface area contributed by atoms with Gasteiger partial charge in [-0.1, -0.05) is 13.8 Å². The van der Waals surface area contributed by atoms with E-state index in [4.69, 9.17) is 4.42 Å². The van der Waals surface area contributed by atoms with Crippen LogP contribution in [0, 0.1) is 5.92 Å². The molecule has 1 heterocycles. The van der Waals surface area contributed by atoms with Crippen molar-refractivity contribution in [3.8, 4) is 0 Å². The highest BCUT2D eigenvalue weighted by atomic mass is 16.3. The van der Waals surface area contributed by atoms with Crippen LogP contribution in [0.3, 0.4) is 0 Å². The van der Waals surface area contributed by atoms with Gasteiger partial charge in [-0.15, -0.1) is 0 Å². The molecule has 0 radical (unpaired) electrons. The van der Waals surface area contributed by atoms with Crippen LogP contribution in [0.2, 0.25) is 0 Å². The first-order valence-corrected chi connectivity index (χ1v) is 6.05. The number of nitrogens with one attached hydrogen (secondary N) is 1. The molecule has 16 heavy (non-hydrogen) atoms. The fraction of sp³-hybridized carbons (Fsp3) is 0.769. The Morgan fingerprint density at radius 2 is 2.06 bits per heavy atom. The first kappa shape index (κ1) is 13.2. The highest BCUT2D eigenvalue weighted by Gasteiger charge is 2.13. The quantitative estimate of drug-likeness (QED) is 0.835. The molecular weight excluding hydrogens is 200 g/mol. The number of nitrogens with zero attached hydrogens (tertiary/aromatic N) is 1. The first-order valence-electron chi connectivity index (χ1n) is 6.05. The zero-order valence-electron chi connectivity index (χ0n) is 11.1. The SMILES string of the molecule is CC(C)CCc1ocnc1CNC(C)(C)C. The van der Waals surface area contributed by atoms with Crippen LogP contribution in [0.4, 0.5) is 0 Å². The molecule has 0 bridgehead atoms. The normalized spacial score (nSPS) is 12.4. The van der Waals surface area contributed by atoms with Crippen molar-refractivity contribution in [1.82, 2.24) is 10.3 Å². The molecule has 3 nitrogen and oxygen atoms in total. The summed E-state index contributed by atoms with van der Waals surface area (Å²) in [5.41, 5.74) is 1.17. The van der Waals surface area contributed by atoms with E-state index in [9.17, 15) is 0 Å². The molecule has 1 aromatic heterocycles. The zero-order valence-corrected chi connectivity index (χ0v) is 11.1. The molecule has 3 heteroatoms. The fourth-order valence-electron chi connectivity index (χ4n) is 1.41. The van der Waals surface area contributed by atoms with Crippen LogP contribution >= 0.6 is 0 Å². The summed E-state index contributed by atoms with van der Waals surface area (Å²) in [6.07, 6.45) is 3.69. The van der Waals surface area contributed by atoms with Crippen molar-refractivity contribution in [1.29, 1.82) is 0 Å². The summed E-state index contributed by atoms with van der Waals surface area (Å²) in [7, 11) is 0. The van der Waals surface area contributed by atoms with Gasteiger partial charge in [0.05, 0.1) is 5.69 Å². The second-order valence-corrected chi connectivity index (χ2v) is 5.76. The molecule has 0 saturated carbocycles. The van der Waals surface area contributed by atoms with E-state index in [1.807, 2.05) is 0 Å². The maximum absolute atomic E-state index is 5.43. The molecule has 0 unspecified atom stereocenters. The maximum atomic E-state index is 5.43. The van der Waals surface area contributed by atoms with E-state index in [1.165, 1.54) is 0 Å². The second-order valence-electron chi connectivity index (χ2n) is 5.76. The molecule has 0 aliphatic heterocycles. The van der Waals surface area contributed by atoms with Gasteiger partial charge < -0.3 is 9.73 Å². The van der Waals surface area contributed by atoms with Gasteiger partial charge in [-0.05, 0) is 33.1 Å². The van der Waals surface area contributed by atoms with Crippen LogP contribution < -0.4 is 5.32 Å². The van der Waals surface area contributed by atoms with E-state index in [1.54, 1.807) is 6.39 Å². The van der Waals surface area contributed by atoms with Crippen molar-refractivity contribution in [2.75, 3.05) is 0 Å². The van der Waals surface area contributed by atoms with Crippen molar-refractivity contribution < 1.29 is 4.42 Å². The Kier molecular flexibility index (Phi) is 4.54. The van der Waals surface area contributed by atoms with Crippen LogP contribution in [0.1, 0.15) is 52.5 Å². The molecule has 0 atom stereocenters. The molecule has 0 aliphatic carbocycles. The van der Waals surface area contributed by atoms with Gasteiger partial charge in [0.15, 0.2) is 6.39 Å². The minimum Gasteiger partial charge on any atom is -0.448 e. The minimum atomic E-state index is 0.119. The van der Waals surface area contributed by atoms with Gasteiger partial charge in [0.25, 0.3) is 0 Å². The van der Waals surface area contributed by atoms with Crippen molar-refractivity contribution in [2.45, 2.75) is 59.5 Å². The second kappa shape index (κ2) is 5.48. The standard InChI is InChI=1S/C13H24N2O/c1-10(2)6-7-12-11(14-9-16-12)8-15-13(3,4)5/h9-10,15H,6-8H2,1-5H3. The predicted octanol–water partition coefficient (Wildman–Crippen LogP) is 3.15. The van der Waals surface area contributed by atoms with Gasteiger partial charge in [-0.25, -0.2) is 4.98 Å². The molecule has 1 N–H and O–H groups in total. The van der Waals surface area contributed by atoms with Crippen molar-refractivity contribution >= 4 is 0 Å². The van der Waals surface area contributed by atoms with Crippen LogP contribution in [0.25, 0.3) is 0 Å². The van der Waals surface area contributed by atoms with Crippen molar-refractivity contribution in [3.63, 3.8) is 0 Å². The summed E-state index contributed by atoms with van der Waals surface area (Å²) >= 11 is 0. The third kappa shape index (κ3) is 4.79. The maximum Gasteiger partial charge on any atom is 0.181 e. The van der Waals surface area contributed by atoms with Crippen LogP contribution in [0.15, 0.2) is 10.8 Å². The molecule has 92 valence electrons. The zero-order chi connectivity index (χ0) is 12.2. The minimum absolute atomic E-state index is 0.119. The number of hydrogen-bond acceptors (Lipinski definition) is 3. The summed E-state index contributed by atoms with van der Waals surface area (Å²) in [4.78, 5) is 4.27. The van der Waals surface area contributed by atoms with E-state index in [-0.39, 0.29) is 5.54 Å². The molecule has 0 fully saturated rings. The van der Waals surface area contributed by atoms with Gasteiger partial charge in [-0.2, -0.15) is 0 Å². The van der Waals surface area contributed by atoms with E-state index in [0.717, 1.165) is 30.8 Å². The Labute approximate surface area is 98.6 Å². The average molecular weight is 224 g/mol. The van der Waals surface area contributed by atoms with Crippen LogP contribution in [-0.2, 0) is 13.0 Å². The highest BCUT2D eigenvalue weighted by molar-refractivity contribution is 5.07. The van der Waals surface area contributed by atoms with Crippen LogP contribution in [0.5, 0.6) is 0 Å². The number of rotatable bonds is 5. The predicted molar refractivity (Wildman–Crippen MR) is 66.3 cm³/mol. The lowest BCUT2D eigenvalue weighted by atomic mass is 10.1. The first-order chi connectivity index (χ1) is 7.38. The lowest BCUT2D eigenvalue weighted by Gasteiger charge is -2.19. The average Bonchev–Trinajstić information content (AvgIpc) is 2.57. The summed E-state index contributed by atoms with van der Waals surface area (Å²) in [5.74, 6) is 1.74. The fourth-order valence-corrected chi connectivity index (χ4v) is 1.41. The highest BCUT2D eigenvalue weighted by Crippen LogP contribution is 2.13. The number of aryl methyl sites for hydroxylation is 1. The molecule has 0 saturated heterocycles. The van der Waals surface area contributed by atoms with E-state index >= 15 is 0 Å². The smallest absolute Gasteiger partial charge is 0.181 e. The molecule has 1 rings (SSSR count). The van der Waals surface area contributed by atoms with E-state index < -0.39 is 0 Å². The molecule has 1 aromatic rings. The molecule has 0 aliphatic rings.